The first-order chi connectivity index (χ1) is 20.2. The van der Waals surface area contributed by atoms with Crippen LogP contribution in [0, 0.1) is 5.82 Å². The van der Waals surface area contributed by atoms with Crippen LogP contribution in [0.25, 0.3) is 0 Å². The normalized spacial score (nSPS) is 11.9. The summed E-state index contributed by atoms with van der Waals surface area (Å²) >= 11 is 12.0. The summed E-state index contributed by atoms with van der Waals surface area (Å²) in [4.78, 5) is 12.1. The van der Waals surface area contributed by atoms with Crippen LogP contribution in [0.1, 0.15) is 27.0 Å². The van der Waals surface area contributed by atoms with Crippen LogP contribution in [-0.2, 0) is 29.7 Å². The van der Waals surface area contributed by atoms with Gasteiger partial charge in [0.15, 0.2) is 5.75 Å². The predicted octanol–water partition coefficient (Wildman–Crippen LogP) is 7.06. The molecule has 1 amide bonds. The first-order valence-electron chi connectivity index (χ1n) is 12.4. The van der Waals surface area contributed by atoms with E-state index < -0.39 is 44.5 Å². The summed E-state index contributed by atoms with van der Waals surface area (Å²) < 4.78 is 83.2. The lowest BCUT2D eigenvalue weighted by atomic mass is 10.1. The van der Waals surface area contributed by atoms with Gasteiger partial charge in [-0.25, -0.2) is 12.8 Å². The van der Waals surface area contributed by atoms with Crippen LogP contribution in [0.5, 0.6) is 11.5 Å². The van der Waals surface area contributed by atoms with Gasteiger partial charge < -0.3 is 15.2 Å². The number of phenolic OH excluding ortho intramolecular Hbond substituents is 1. The highest BCUT2D eigenvalue weighted by molar-refractivity contribution is 7.89. The van der Waals surface area contributed by atoms with Crippen LogP contribution in [0.2, 0.25) is 10.0 Å². The van der Waals surface area contributed by atoms with E-state index in [2.05, 4.69) is 10.1 Å². The van der Waals surface area contributed by atoms with E-state index >= 15 is 0 Å². The number of amides is 1. The highest BCUT2D eigenvalue weighted by atomic mass is 35.5. The molecule has 0 saturated heterocycles. The Balaban J connectivity index is 1.52. The first-order valence-corrected chi connectivity index (χ1v) is 14.6. The minimum atomic E-state index is -4.85. The molecule has 226 valence electrons. The zero-order valence-corrected chi connectivity index (χ0v) is 24.2. The van der Waals surface area contributed by atoms with Crippen LogP contribution in [0.3, 0.4) is 0 Å². The van der Waals surface area contributed by atoms with E-state index in [0.717, 1.165) is 22.5 Å². The van der Waals surface area contributed by atoms with Crippen molar-refractivity contribution in [1.29, 1.82) is 0 Å². The van der Waals surface area contributed by atoms with E-state index in [1.165, 1.54) is 66.7 Å². The van der Waals surface area contributed by atoms with Gasteiger partial charge in [-0.3, -0.25) is 4.79 Å². The summed E-state index contributed by atoms with van der Waals surface area (Å²) in [5, 5.41) is 12.7. The molecule has 7 nitrogen and oxygen atoms in total. The second kappa shape index (κ2) is 13.2. The first kappa shape index (κ1) is 32.1. The summed E-state index contributed by atoms with van der Waals surface area (Å²) in [5.74, 6) is -2.13. The van der Waals surface area contributed by atoms with Crippen molar-refractivity contribution in [3.63, 3.8) is 0 Å². The van der Waals surface area contributed by atoms with Gasteiger partial charge in [0.05, 0.1) is 5.02 Å². The Morgan fingerprint density at radius 3 is 2.09 bits per heavy atom. The Hall–Kier alpha value is -3.84. The molecule has 0 aromatic heterocycles. The zero-order chi connectivity index (χ0) is 31.4. The number of aromatic hydroxyl groups is 1. The third-order valence-corrected chi connectivity index (χ3v) is 8.35. The fourth-order valence-corrected chi connectivity index (χ4v) is 6.16. The van der Waals surface area contributed by atoms with E-state index in [-0.39, 0.29) is 35.2 Å². The number of carbonyl (C=O) groups is 1. The van der Waals surface area contributed by atoms with Crippen molar-refractivity contribution in [2.45, 2.75) is 30.9 Å². The summed E-state index contributed by atoms with van der Waals surface area (Å²) in [6.07, 6.45) is -4.85. The highest BCUT2D eigenvalue weighted by Crippen LogP contribution is 2.36. The van der Waals surface area contributed by atoms with Crippen LogP contribution >= 0.6 is 23.2 Å². The Bertz CT molecular complexity index is 1720. The van der Waals surface area contributed by atoms with Gasteiger partial charge in [0.25, 0.3) is 5.91 Å². The number of halogens is 6. The number of rotatable bonds is 10. The lowest BCUT2D eigenvalue weighted by Crippen LogP contribution is -2.30. The number of sulfonamides is 1. The Labute approximate surface area is 254 Å². The maximum Gasteiger partial charge on any atom is 0.573 e. The number of hydrogen-bond donors (Lipinski definition) is 2. The summed E-state index contributed by atoms with van der Waals surface area (Å²) in [7, 11) is -4.40. The number of ether oxygens (including phenoxy) is 1. The summed E-state index contributed by atoms with van der Waals surface area (Å²) in [6.45, 7) is -0.492. The molecule has 4 rings (SSSR count). The van der Waals surface area contributed by atoms with Crippen LogP contribution in [0.15, 0.2) is 89.8 Å². The predicted molar refractivity (Wildman–Crippen MR) is 152 cm³/mol. The highest BCUT2D eigenvalue weighted by Gasteiger charge is 2.31. The fourth-order valence-electron chi connectivity index (χ4n) is 4.00. The van der Waals surface area contributed by atoms with E-state index in [1.807, 2.05) is 0 Å². The number of hydrogen-bond acceptors (Lipinski definition) is 5. The van der Waals surface area contributed by atoms with E-state index in [9.17, 15) is 35.9 Å². The molecular formula is C29H22Cl2F4N2O5S. The molecular weight excluding hydrogens is 635 g/mol. The fraction of sp³-hybridized carbons (Fsp3) is 0.138. The second-order valence-corrected chi connectivity index (χ2v) is 12.0. The molecule has 14 heteroatoms. The lowest BCUT2D eigenvalue weighted by molar-refractivity contribution is -0.274. The maximum atomic E-state index is 13.7. The van der Waals surface area contributed by atoms with Gasteiger partial charge in [-0.05, 0) is 65.2 Å². The third kappa shape index (κ3) is 8.60. The summed E-state index contributed by atoms with van der Waals surface area (Å²) in [5.41, 5.74) is 1.50. The van der Waals surface area contributed by atoms with Crippen LogP contribution < -0.4 is 10.1 Å². The lowest BCUT2D eigenvalue weighted by Gasteiger charge is -2.23. The minimum absolute atomic E-state index is 0.0157. The topological polar surface area (TPSA) is 95.9 Å². The average molecular weight is 657 g/mol. The third-order valence-electron chi connectivity index (χ3n) is 6.04. The largest absolute Gasteiger partial charge is 0.573 e. The van der Waals surface area contributed by atoms with Gasteiger partial charge in [-0.2, -0.15) is 4.31 Å². The maximum absolute atomic E-state index is 13.7. The molecule has 4 aromatic rings. The van der Waals surface area contributed by atoms with Crippen molar-refractivity contribution in [1.82, 2.24) is 9.62 Å². The number of benzene rings is 4. The SMILES string of the molecule is O=C(NCc1cccc(OC(F)(F)F)c1)c1ccc(CN(Cc2ccc(F)cc2)S(=O)(=O)c2cc(Cl)cc(Cl)c2O)cc1. The molecule has 4 aromatic carbocycles. The van der Waals surface area contributed by atoms with Crippen molar-refractivity contribution < 1.29 is 40.6 Å². The number of phenols is 1. The van der Waals surface area contributed by atoms with E-state index in [0.29, 0.717) is 16.7 Å². The second-order valence-electron chi connectivity index (χ2n) is 9.21. The van der Waals surface area contributed by atoms with Crippen molar-refractivity contribution in [2.75, 3.05) is 0 Å². The van der Waals surface area contributed by atoms with Crippen LogP contribution in [-0.4, -0.2) is 30.1 Å². The van der Waals surface area contributed by atoms with Crippen molar-refractivity contribution >= 4 is 39.1 Å². The summed E-state index contributed by atoms with van der Waals surface area (Å²) in [6, 6.07) is 18.6. The number of alkyl halides is 3. The van der Waals surface area contributed by atoms with Gasteiger partial charge >= 0.3 is 6.36 Å². The minimum Gasteiger partial charge on any atom is -0.505 e. The molecule has 0 bridgehead atoms. The standard InChI is InChI=1S/C29H22Cl2F4N2O5S/c30-22-13-25(31)27(38)26(14-22)43(40,41)37(17-19-6-10-23(32)11-7-19)16-18-4-8-21(9-5-18)28(39)36-15-20-2-1-3-24(12-20)42-29(33,34)35/h1-14,38H,15-17H2,(H,36,39). The molecule has 0 atom stereocenters. The van der Waals surface area contributed by atoms with E-state index in [1.54, 1.807) is 0 Å². The monoisotopic (exact) mass is 656 g/mol. The number of carbonyl (C=O) groups excluding carboxylic acids is 1. The molecule has 0 unspecified atom stereocenters. The number of nitrogens with one attached hydrogen (secondary N) is 1. The quantitative estimate of drug-likeness (QED) is 0.178. The van der Waals surface area contributed by atoms with Crippen molar-refractivity contribution in [3.8, 4) is 11.5 Å². The molecule has 2 N–H and O–H groups in total. The van der Waals surface area contributed by atoms with Crippen molar-refractivity contribution in [2.24, 2.45) is 0 Å². The van der Waals surface area contributed by atoms with Crippen LogP contribution in [0.4, 0.5) is 17.6 Å². The molecule has 0 aliphatic heterocycles. The van der Waals surface area contributed by atoms with Gasteiger partial charge in [-0.15, -0.1) is 13.2 Å². The molecule has 0 saturated carbocycles. The molecule has 43 heavy (non-hydrogen) atoms. The van der Waals surface area contributed by atoms with E-state index in [4.69, 9.17) is 23.2 Å². The zero-order valence-electron chi connectivity index (χ0n) is 21.9. The molecule has 0 aliphatic rings. The molecule has 0 spiro atoms. The Morgan fingerprint density at radius 1 is 0.884 bits per heavy atom. The Kier molecular flexibility index (Phi) is 9.86. The van der Waals surface area contributed by atoms with Crippen molar-refractivity contribution in [3.05, 3.63) is 123 Å². The van der Waals surface area contributed by atoms with Gasteiger partial charge in [0, 0.05) is 30.2 Å². The van der Waals surface area contributed by atoms with Gasteiger partial charge in [0.2, 0.25) is 10.0 Å². The number of nitrogens with zero attached hydrogens (tertiary/aromatic N) is 1. The van der Waals surface area contributed by atoms with Gasteiger partial charge in [-0.1, -0.05) is 59.6 Å². The molecule has 0 aliphatic carbocycles. The Morgan fingerprint density at radius 2 is 1.49 bits per heavy atom. The van der Waals surface area contributed by atoms with Gasteiger partial charge in [0.1, 0.15) is 16.5 Å². The molecule has 0 fully saturated rings. The molecule has 0 radical (unpaired) electrons. The molecule has 0 heterocycles. The smallest absolute Gasteiger partial charge is 0.505 e. The average Bonchev–Trinajstić information content (AvgIpc) is 2.94.